The lowest BCUT2D eigenvalue weighted by Crippen LogP contribution is -2.25. The highest BCUT2D eigenvalue weighted by atomic mass is 16.5. The molecule has 6 nitrogen and oxygen atoms in total. The molecule has 26 heavy (non-hydrogen) atoms. The predicted octanol–water partition coefficient (Wildman–Crippen LogP) is 2.11. The third-order valence-electron chi connectivity index (χ3n) is 4.11. The maximum absolute atomic E-state index is 11.2. The van der Waals surface area contributed by atoms with Crippen molar-refractivity contribution < 1.29 is 19.7 Å². The molecule has 1 amide bonds. The Morgan fingerprint density at radius 1 is 1.23 bits per heavy atom. The van der Waals surface area contributed by atoms with Crippen LogP contribution in [0.1, 0.15) is 40.9 Å². The Morgan fingerprint density at radius 2 is 1.96 bits per heavy atom. The van der Waals surface area contributed by atoms with Gasteiger partial charge < -0.3 is 26.0 Å². The van der Waals surface area contributed by atoms with Gasteiger partial charge in [-0.2, -0.15) is 0 Å². The van der Waals surface area contributed by atoms with Gasteiger partial charge in [0, 0.05) is 6.54 Å². The van der Waals surface area contributed by atoms with E-state index in [-0.39, 0.29) is 17.4 Å². The van der Waals surface area contributed by atoms with Gasteiger partial charge in [-0.05, 0) is 43.1 Å². The maximum atomic E-state index is 11.2. The number of primary amides is 1. The number of carbonyl (C=O) groups is 1. The van der Waals surface area contributed by atoms with Crippen LogP contribution in [0, 0.1) is 0 Å². The number of ether oxygens (including phenoxy) is 1. The second-order valence-corrected chi connectivity index (χ2v) is 6.26. The van der Waals surface area contributed by atoms with Crippen LogP contribution in [0.4, 0.5) is 0 Å². The van der Waals surface area contributed by atoms with E-state index in [2.05, 4.69) is 5.32 Å². The number of hydrogen-bond donors (Lipinski definition) is 4. The Morgan fingerprint density at radius 3 is 2.65 bits per heavy atom. The molecule has 2 rings (SSSR count). The van der Waals surface area contributed by atoms with Crippen LogP contribution in [0.15, 0.2) is 48.5 Å². The normalized spacial score (nSPS) is 13.3. The molecule has 0 aliphatic rings. The molecule has 0 heterocycles. The second-order valence-electron chi connectivity index (χ2n) is 6.26. The Labute approximate surface area is 153 Å². The number of carbonyl (C=O) groups excluding carboxylic acids is 1. The van der Waals surface area contributed by atoms with Gasteiger partial charge >= 0.3 is 0 Å². The summed E-state index contributed by atoms with van der Waals surface area (Å²) in [6.07, 6.45) is 0.103. The van der Waals surface area contributed by atoms with E-state index in [4.69, 9.17) is 10.5 Å². The average molecular weight is 358 g/mol. The van der Waals surface area contributed by atoms with Gasteiger partial charge in [0.1, 0.15) is 5.75 Å². The quantitative estimate of drug-likeness (QED) is 0.487. The minimum Gasteiger partial charge on any atom is -0.507 e. The van der Waals surface area contributed by atoms with Gasteiger partial charge in [-0.15, -0.1) is 0 Å². The molecular weight excluding hydrogens is 332 g/mol. The van der Waals surface area contributed by atoms with Crippen LogP contribution in [0.5, 0.6) is 5.75 Å². The van der Waals surface area contributed by atoms with Crippen molar-refractivity contribution in [3.8, 4) is 5.75 Å². The fourth-order valence-electron chi connectivity index (χ4n) is 2.52. The summed E-state index contributed by atoms with van der Waals surface area (Å²) in [5.41, 5.74) is 6.87. The van der Waals surface area contributed by atoms with Gasteiger partial charge in [-0.25, -0.2) is 0 Å². The minimum atomic E-state index is -0.797. The van der Waals surface area contributed by atoms with Crippen LogP contribution in [0.3, 0.4) is 0 Å². The third-order valence-corrected chi connectivity index (χ3v) is 4.11. The summed E-state index contributed by atoms with van der Waals surface area (Å²) >= 11 is 0. The topological polar surface area (TPSA) is 105 Å². The van der Waals surface area contributed by atoms with Gasteiger partial charge in [0.15, 0.2) is 0 Å². The van der Waals surface area contributed by atoms with Gasteiger partial charge in [-0.1, -0.05) is 36.4 Å². The Hall–Kier alpha value is -2.41. The van der Waals surface area contributed by atoms with E-state index < -0.39 is 12.0 Å². The summed E-state index contributed by atoms with van der Waals surface area (Å²) in [6.45, 7) is 3.61. The molecule has 140 valence electrons. The zero-order valence-electron chi connectivity index (χ0n) is 14.9. The smallest absolute Gasteiger partial charge is 0.252 e. The number of phenols is 1. The number of aliphatic hydroxyl groups is 1. The molecule has 0 radical (unpaired) electrons. The first-order valence-corrected chi connectivity index (χ1v) is 8.64. The van der Waals surface area contributed by atoms with Crippen molar-refractivity contribution >= 4 is 5.91 Å². The summed E-state index contributed by atoms with van der Waals surface area (Å²) < 4.78 is 5.79. The zero-order chi connectivity index (χ0) is 18.9. The van der Waals surface area contributed by atoms with E-state index in [9.17, 15) is 15.0 Å². The molecule has 0 saturated heterocycles. The van der Waals surface area contributed by atoms with Crippen molar-refractivity contribution in [1.82, 2.24) is 5.32 Å². The van der Waals surface area contributed by atoms with Crippen molar-refractivity contribution in [1.29, 1.82) is 0 Å². The largest absolute Gasteiger partial charge is 0.507 e. The standard InChI is InChI=1S/C20H26N2O4/c1-14(26-13-15-5-3-2-4-6-15)9-10-22-12-19(24)16-7-8-18(23)17(11-16)20(21)25/h2-8,11,14,19,22-24H,9-10,12-13H2,1H3,(H2,21,25). The molecular formula is C20H26N2O4. The number of aliphatic hydroxyl groups excluding tert-OH is 1. The van der Waals surface area contributed by atoms with Crippen LogP contribution in [-0.4, -0.2) is 35.3 Å². The van der Waals surface area contributed by atoms with Crippen molar-refractivity contribution in [2.24, 2.45) is 5.73 Å². The van der Waals surface area contributed by atoms with E-state index in [0.29, 0.717) is 25.3 Å². The fourth-order valence-corrected chi connectivity index (χ4v) is 2.52. The molecule has 0 aliphatic heterocycles. The van der Waals surface area contributed by atoms with Crippen LogP contribution >= 0.6 is 0 Å². The van der Waals surface area contributed by atoms with E-state index in [1.165, 1.54) is 12.1 Å². The number of nitrogens with one attached hydrogen (secondary N) is 1. The summed E-state index contributed by atoms with van der Waals surface area (Å²) in [4.78, 5) is 11.2. The van der Waals surface area contributed by atoms with Crippen LogP contribution in [0.25, 0.3) is 0 Å². The molecule has 0 saturated carbocycles. The summed E-state index contributed by atoms with van der Waals surface area (Å²) in [7, 11) is 0. The summed E-state index contributed by atoms with van der Waals surface area (Å²) in [5.74, 6) is -0.917. The van der Waals surface area contributed by atoms with Crippen molar-refractivity contribution in [2.45, 2.75) is 32.2 Å². The SMILES string of the molecule is CC(CCNCC(O)c1ccc(O)c(C(N)=O)c1)OCc1ccccc1. The Kier molecular flexibility index (Phi) is 7.59. The molecule has 2 aromatic rings. The monoisotopic (exact) mass is 358 g/mol. The molecule has 0 bridgehead atoms. The lowest BCUT2D eigenvalue weighted by atomic mass is 10.0. The molecule has 2 atom stereocenters. The van der Waals surface area contributed by atoms with Crippen LogP contribution < -0.4 is 11.1 Å². The lowest BCUT2D eigenvalue weighted by molar-refractivity contribution is 0.0471. The highest BCUT2D eigenvalue weighted by molar-refractivity contribution is 5.95. The molecule has 0 spiro atoms. The maximum Gasteiger partial charge on any atom is 0.252 e. The number of rotatable bonds is 10. The first-order chi connectivity index (χ1) is 12.5. The molecule has 6 heteroatoms. The number of benzene rings is 2. The summed E-state index contributed by atoms with van der Waals surface area (Å²) in [6, 6.07) is 14.3. The number of aromatic hydroxyl groups is 1. The van der Waals surface area contributed by atoms with Crippen molar-refractivity contribution in [3.63, 3.8) is 0 Å². The van der Waals surface area contributed by atoms with Crippen LogP contribution in [-0.2, 0) is 11.3 Å². The molecule has 2 unspecified atom stereocenters. The number of amides is 1. The van der Waals surface area contributed by atoms with E-state index >= 15 is 0 Å². The van der Waals surface area contributed by atoms with Crippen molar-refractivity contribution in [2.75, 3.05) is 13.1 Å². The summed E-state index contributed by atoms with van der Waals surface area (Å²) in [5, 5.41) is 23.0. The first-order valence-electron chi connectivity index (χ1n) is 8.64. The minimum absolute atomic E-state index is 0.00415. The zero-order valence-corrected chi connectivity index (χ0v) is 14.9. The number of hydrogen-bond acceptors (Lipinski definition) is 5. The second kappa shape index (κ2) is 9.91. The third kappa shape index (κ3) is 6.15. The van der Waals surface area contributed by atoms with Crippen LogP contribution in [0.2, 0.25) is 0 Å². The van der Waals surface area contributed by atoms with Gasteiger partial charge in [0.05, 0.1) is 24.4 Å². The molecule has 0 aromatic heterocycles. The lowest BCUT2D eigenvalue weighted by Gasteiger charge is -2.16. The Balaban J connectivity index is 1.70. The van der Waals surface area contributed by atoms with Gasteiger partial charge in [0.2, 0.25) is 0 Å². The number of nitrogens with two attached hydrogens (primary N) is 1. The van der Waals surface area contributed by atoms with E-state index in [0.717, 1.165) is 12.0 Å². The fraction of sp³-hybridized carbons (Fsp3) is 0.350. The molecule has 2 aromatic carbocycles. The average Bonchev–Trinajstić information content (AvgIpc) is 2.64. The van der Waals surface area contributed by atoms with Crippen molar-refractivity contribution in [3.05, 3.63) is 65.2 Å². The first kappa shape index (κ1) is 19.9. The highest BCUT2D eigenvalue weighted by Gasteiger charge is 2.13. The molecule has 5 N–H and O–H groups in total. The van der Waals surface area contributed by atoms with Gasteiger partial charge in [-0.3, -0.25) is 4.79 Å². The highest BCUT2D eigenvalue weighted by Crippen LogP contribution is 2.21. The van der Waals surface area contributed by atoms with Gasteiger partial charge in [0.25, 0.3) is 5.91 Å². The van der Waals surface area contributed by atoms with E-state index in [1.54, 1.807) is 6.07 Å². The molecule has 0 aliphatic carbocycles. The Bertz CT molecular complexity index is 706. The van der Waals surface area contributed by atoms with E-state index in [1.807, 2.05) is 37.3 Å². The predicted molar refractivity (Wildman–Crippen MR) is 99.8 cm³/mol. The molecule has 0 fully saturated rings.